The highest BCUT2D eigenvalue weighted by Crippen LogP contribution is 2.25. The van der Waals surface area contributed by atoms with Crippen molar-refractivity contribution < 1.29 is 9.53 Å². The summed E-state index contributed by atoms with van der Waals surface area (Å²) in [6, 6.07) is 4.85. The second-order valence-corrected chi connectivity index (χ2v) is 5.88. The van der Waals surface area contributed by atoms with Crippen molar-refractivity contribution in [2.24, 2.45) is 0 Å². The van der Waals surface area contributed by atoms with Crippen molar-refractivity contribution >= 4 is 11.8 Å². The monoisotopic (exact) mass is 290 g/mol. The van der Waals surface area contributed by atoms with Gasteiger partial charge in [-0.05, 0) is 51.7 Å². The van der Waals surface area contributed by atoms with E-state index in [1.165, 1.54) is 22.4 Å². The van der Waals surface area contributed by atoms with E-state index < -0.39 is 0 Å². The lowest BCUT2D eigenvalue weighted by Crippen LogP contribution is -2.42. The van der Waals surface area contributed by atoms with E-state index in [2.05, 4.69) is 38.2 Å². The number of carbonyl (C=O) groups excluding carboxylic acids is 1. The lowest BCUT2D eigenvalue weighted by atomic mass is 10.0. The molecule has 1 aromatic carbocycles. The minimum absolute atomic E-state index is 0.182. The fraction of sp³-hybridized carbons (Fsp3) is 0.588. The highest BCUT2D eigenvalue weighted by molar-refractivity contribution is 5.67. The number of nitrogens with one attached hydrogen (secondary N) is 1. The summed E-state index contributed by atoms with van der Waals surface area (Å²) in [4.78, 5) is 13.5. The molecule has 21 heavy (non-hydrogen) atoms. The zero-order valence-corrected chi connectivity index (χ0v) is 13.5. The number of anilines is 1. The fourth-order valence-corrected chi connectivity index (χ4v) is 3.03. The molecule has 1 fully saturated rings. The Morgan fingerprint density at radius 2 is 1.81 bits per heavy atom. The van der Waals surface area contributed by atoms with Gasteiger partial charge in [-0.3, -0.25) is 0 Å². The third-order valence-electron chi connectivity index (χ3n) is 4.05. The molecule has 1 saturated heterocycles. The molecule has 0 saturated carbocycles. The van der Waals surface area contributed by atoms with Crippen molar-refractivity contribution in [1.82, 2.24) is 4.90 Å². The molecule has 4 nitrogen and oxygen atoms in total. The predicted octanol–water partition coefficient (Wildman–Crippen LogP) is 3.64. The van der Waals surface area contributed by atoms with Crippen LogP contribution in [-0.4, -0.2) is 36.7 Å². The Morgan fingerprint density at radius 1 is 1.24 bits per heavy atom. The lowest BCUT2D eigenvalue weighted by molar-refractivity contribution is 0.0983. The zero-order chi connectivity index (χ0) is 15.4. The maximum absolute atomic E-state index is 11.7. The van der Waals surface area contributed by atoms with Crippen LogP contribution in [0.1, 0.15) is 36.5 Å². The summed E-state index contributed by atoms with van der Waals surface area (Å²) in [6.07, 6.45) is 1.75. The van der Waals surface area contributed by atoms with Gasteiger partial charge in [-0.25, -0.2) is 4.79 Å². The molecule has 0 unspecified atom stereocenters. The van der Waals surface area contributed by atoms with Gasteiger partial charge >= 0.3 is 6.09 Å². The molecule has 1 N–H and O–H groups in total. The number of ether oxygens (including phenoxy) is 1. The summed E-state index contributed by atoms with van der Waals surface area (Å²) in [7, 11) is 0. The van der Waals surface area contributed by atoms with Crippen LogP contribution in [0, 0.1) is 20.8 Å². The first kappa shape index (κ1) is 15.7. The maximum atomic E-state index is 11.7. The van der Waals surface area contributed by atoms with Crippen LogP contribution in [0.25, 0.3) is 0 Å². The molecule has 0 aromatic heterocycles. The van der Waals surface area contributed by atoms with Gasteiger partial charge < -0.3 is 15.0 Å². The number of rotatable bonds is 3. The van der Waals surface area contributed by atoms with Crippen LogP contribution in [0.3, 0.4) is 0 Å². The molecule has 2 rings (SSSR count). The summed E-state index contributed by atoms with van der Waals surface area (Å²) < 4.78 is 5.05. The number of piperidine rings is 1. The number of benzene rings is 1. The first-order valence-electron chi connectivity index (χ1n) is 7.77. The van der Waals surface area contributed by atoms with E-state index in [0.717, 1.165) is 25.9 Å². The van der Waals surface area contributed by atoms with Crippen LogP contribution >= 0.6 is 0 Å². The van der Waals surface area contributed by atoms with E-state index in [4.69, 9.17) is 4.74 Å². The van der Waals surface area contributed by atoms with E-state index in [1.807, 2.05) is 6.92 Å². The number of likely N-dealkylation sites (tertiary alicyclic amines) is 1. The third kappa shape index (κ3) is 3.90. The van der Waals surface area contributed by atoms with Gasteiger partial charge in [-0.2, -0.15) is 0 Å². The van der Waals surface area contributed by atoms with Gasteiger partial charge in [0.25, 0.3) is 0 Å². The van der Waals surface area contributed by atoms with Crippen LogP contribution in [0.2, 0.25) is 0 Å². The van der Waals surface area contributed by atoms with E-state index in [0.29, 0.717) is 12.6 Å². The van der Waals surface area contributed by atoms with E-state index in [9.17, 15) is 4.79 Å². The van der Waals surface area contributed by atoms with Crippen molar-refractivity contribution in [1.29, 1.82) is 0 Å². The van der Waals surface area contributed by atoms with E-state index >= 15 is 0 Å². The minimum Gasteiger partial charge on any atom is -0.450 e. The van der Waals surface area contributed by atoms with Gasteiger partial charge in [0.15, 0.2) is 0 Å². The maximum Gasteiger partial charge on any atom is 0.409 e. The third-order valence-corrected chi connectivity index (χ3v) is 4.05. The Bertz CT molecular complexity index is 483. The Hall–Kier alpha value is -1.71. The Balaban J connectivity index is 1.94. The second-order valence-electron chi connectivity index (χ2n) is 5.88. The summed E-state index contributed by atoms with van der Waals surface area (Å²) in [6.45, 7) is 10.2. The number of aryl methyl sites for hydroxylation is 3. The smallest absolute Gasteiger partial charge is 0.409 e. The molecule has 1 aliphatic rings. The number of nitrogens with zero attached hydrogens (tertiary/aromatic N) is 1. The first-order valence-corrected chi connectivity index (χ1v) is 7.77. The van der Waals surface area contributed by atoms with Gasteiger partial charge in [-0.15, -0.1) is 0 Å². The molecule has 116 valence electrons. The summed E-state index contributed by atoms with van der Waals surface area (Å²) >= 11 is 0. The Morgan fingerprint density at radius 3 is 2.33 bits per heavy atom. The molecule has 0 spiro atoms. The molecule has 0 atom stereocenters. The molecule has 1 heterocycles. The number of carbonyl (C=O) groups is 1. The Labute approximate surface area is 127 Å². The topological polar surface area (TPSA) is 41.6 Å². The normalized spacial score (nSPS) is 15.9. The molecule has 4 heteroatoms. The van der Waals surface area contributed by atoms with Crippen LogP contribution in [0.5, 0.6) is 0 Å². The van der Waals surface area contributed by atoms with Gasteiger partial charge in [0.1, 0.15) is 0 Å². The van der Waals surface area contributed by atoms with Crippen molar-refractivity contribution in [2.45, 2.75) is 46.6 Å². The zero-order valence-electron chi connectivity index (χ0n) is 13.5. The molecule has 1 aliphatic heterocycles. The first-order chi connectivity index (χ1) is 10.0. The Kier molecular flexibility index (Phi) is 5.10. The fourth-order valence-electron chi connectivity index (χ4n) is 3.03. The van der Waals surface area contributed by atoms with Gasteiger partial charge in [0.05, 0.1) is 6.61 Å². The molecule has 1 aromatic rings. The summed E-state index contributed by atoms with van der Waals surface area (Å²) in [5.41, 5.74) is 5.13. The SMILES string of the molecule is CCOC(=O)N1CCC(Nc2c(C)cc(C)cc2C)CC1. The molecule has 0 radical (unpaired) electrons. The van der Waals surface area contributed by atoms with Crippen LogP contribution in [0.15, 0.2) is 12.1 Å². The second kappa shape index (κ2) is 6.83. The van der Waals surface area contributed by atoms with Crippen molar-refractivity contribution in [3.05, 3.63) is 28.8 Å². The quantitative estimate of drug-likeness (QED) is 0.924. The lowest BCUT2D eigenvalue weighted by Gasteiger charge is -2.33. The number of hydrogen-bond acceptors (Lipinski definition) is 3. The van der Waals surface area contributed by atoms with Crippen LogP contribution in [0.4, 0.5) is 10.5 Å². The predicted molar refractivity (Wildman–Crippen MR) is 85.9 cm³/mol. The molecular formula is C17H26N2O2. The standard InChI is InChI=1S/C17H26N2O2/c1-5-21-17(20)19-8-6-15(7-9-19)18-16-13(3)10-12(2)11-14(16)4/h10-11,15,18H,5-9H2,1-4H3. The average Bonchev–Trinajstić information content (AvgIpc) is 2.43. The van der Waals surface area contributed by atoms with Gasteiger partial charge in [0, 0.05) is 24.8 Å². The molecule has 1 amide bonds. The largest absolute Gasteiger partial charge is 0.450 e. The number of amides is 1. The van der Waals surface area contributed by atoms with E-state index in [1.54, 1.807) is 4.90 Å². The van der Waals surface area contributed by atoms with Crippen LogP contribution in [-0.2, 0) is 4.74 Å². The van der Waals surface area contributed by atoms with Crippen molar-refractivity contribution in [2.75, 3.05) is 25.0 Å². The number of hydrogen-bond donors (Lipinski definition) is 1. The van der Waals surface area contributed by atoms with Gasteiger partial charge in [-0.1, -0.05) is 17.7 Å². The van der Waals surface area contributed by atoms with E-state index in [-0.39, 0.29) is 6.09 Å². The summed E-state index contributed by atoms with van der Waals surface area (Å²) in [5.74, 6) is 0. The highest BCUT2D eigenvalue weighted by atomic mass is 16.6. The minimum atomic E-state index is -0.182. The molecular weight excluding hydrogens is 264 g/mol. The average molecular weight is 290 g/mol. The van der Waals surface area contributed by atoms with Crippen molar-refractivity contribution in [3.63, 3.8) is 0 Å². The van der Waals surface area contributed by atoms with Crippen LogP contribution < -0.4 is 5.32 Å². The molecule has 0 bridgehead atoms. The summed E-state index contributed by atoms with van der Waals surface area (Å²) in [5, 5.41) is 3.66. The van der Waals surface area contributed by atoms with Gasteiger partial charge in [0.2, 0.25) is 0 Å². The highest BCUT2D eigenvalue weighted by Gasteiger charge is 2.23. The molecule has 0 aliphatic carbocycles. The van der Waals surface area contributed by atoms with Crippen molar-refractivity contribution in [3.8, 4) is 0 Å².